The smallest absolute Gasteiger partial charge is 0.199 e. The molecule has 3 rings (SSSR count). The van der Waals surface area contributed by atoms with Crippen LogP contribution in [0, 0.1) is 10.7 Å². The molecule has 4 heteroatoms. The summed E-state index contributed by atoms with van der Waals surface area (Å²) in [6, 6.07) is 19.0. The number of para-hydroxylation sites is 1. The molecule has 0 amide bonds. The van der Waals surface area contributed by atoms with E-state index in [0.717, 1.165) is 17.9 Å². The molecule has 1 N–H and O–H groups in total. The highest BCUT2D eigenvalue weighted by molar-refractivity contribution is 7.71. The zero-order chi connectivity index (χ0) is 17.1. The van der Waals surface area contributed by atoms with Gasteiger partial charge in [-0.15, -0.1) is 0 Å². The molecular weight excluding hydrogens is 314 g/mol. The van der Waals surface area contributed by atoms with Gasteiger partial charge in [-0.05, 0) is 47.8 Å². The van der Waals surface area contributed by atoms with Gasteiger partial charge in [0, 0.05) is 11.6 Å². The lowest BCUT2D eigenvalue weighted by atomic mass is 9.96. The van der Waals surface area contributed by atoms with Gasteiger partial charge >= 0.3 is 0 Å². The second-order valence-corrected chi connectivity index (χ2v) is 7.01. The van der Waals surface area contributed by atoms with Crippen molar-refractivity contribution in [3.05, 3.63) is 76.3 Å². The molecule has 0 fully saturated rings. The van der Waals surface area contributed by atoms with Crippen LogP contribution in [0.1, 0.15) is 43.6 Å². The second-order valence-electron chi connectivity index (χ2n) is 6.62. The van der Waals surface area contributed by atoms with E-state index in [1.807, 2.05) is 34.9 Å². The molecule has 3 aromatic rings. The van der Waals surface area contributed by atoms with Gasteiger partial charge in [-0.3, -0.25) is 9.67 Å². The van der Waals surface area contributed by atoms with Gasteiger partial charge in [0.1, 0.15) is 5.82 Å². The Morgan fingerprint density at radius 1 is 1.00 bits per heavy atom. The van der Waals surface area contributed by atoms with Gasteiger partial charge in [0.15, 0.2) is 4.77 Å². The van der Waals surface area contributed by atoms with Crippen molar-refractivity contribution >= 4 is 12.2 Å². The Labute approximate surface area is 148 Å². The van der Waals surface area contributed by atoms with Crippen LogP contribution >= 0.6 is 12.2 Å². The second kappa shape index (κ2) is 7.14. The summed E-state index contributed by atoms with van der Waals surface area (Å²) in [4.78, 5) is 0. The molecule has 1 heterocycles. The standard InChI is InChI=1S/C20H23N3S/c1-14(2)13-16-9-11-17(12-10-16)15(3)19-21-22-20(24)23(19)18-7-5-4-6-8-18/h4-12,14-15H,13H2,1-3H3,(H,22,24). The van der Waals surface area contributed by atoms with Crippen molar-refractivity contribution < 1.29 is 0 Å². The molecule has 1 aromatic heterocycles. The number of rotatable bonds is 5. The fourth-order valence-corrected chi connectivity index (χ4v) is 3.23. The normalized spacial score (nSPS) is 12.5. The molecule has 3 nitrogen and oxygen atoms in total. The fourth-order valence-electron chi connectivity index (χ4n) is 2.99. The van der Waals surface area contributed by atoms with Gasteiger partial charge in [-0.25, -0.2) is 0 Å². The minimum absolute atomic E-state index is 0.159. The summed E-state index contributed by atoms with van der Waals surface area (Å²) >= 11 is 5.44. The van der Waals surface area contributed by atoms with Gasteiger partial charge in [0.2, 0.25) is 0 Å². The molecule has 24 heavy (non-hydrogen) atoms. The highest BCUT2D eigenvalue weighted by atomic mass is 32.1. The number of benzene rings is 2. The molecule has 0 aliphatic heterocycles. The minimum atomic E-state index is 0.159. The lowest BCUT2D eigenvalue weighted by Crippen LogP contribution is -2.07. The molecule has 0 radical (unpaired) electrons. The monoisotopic (exact) mass is 337 g/mol. The number of nitrogens with zero attached hydrogens (tertiary/aromatic N) is 2. The van der Waals surface area contributed by atoms with E-state index in [1.165, 1.54) is 11.1 Å². The summed E-state index contributed by atoms with van der Waals surface area (Å²) < 4.78 is 2.64. The molecule has 1 atom stereocenters. The Bertz CT molecular complexity index is 845. The van der Waals surface area contributed by atoms with Crippen molar-refractivity contribution in [2.45, 2.75) is 33.1 Å². The molecule has 0 aliphatic carbocycles. The van der Waals surface area contributed by atoms with E-state index in [1.54, 1.807) is 0 Å². The number of hydrogen-bond acceptors (Lipinski definition) is 2. The average molecular weight is 337 g/mol. The number of hydrogen-bond donors (Lipinski definition) is 1. The third-order valence-corrected chi connectivity index (χ3v) is 4.50. The van der Waals surface area contributed by atoms with Crippen molar-refractivity contribution in [1.29, 1.82) is 0 Å². The van der Waals surface area contributed by atoms with Crippen LogP contribution in [0.4, 0.5) is 0 Å². The van der Waals surface area contributed by atoms with E-state index in [9.17, 15) is 0 Å². The summed E-state index contributed by atoms with van der Waals surface area (Å²) in [5.41, 5.74) is 3.66. The Hall–Kier alpha value is -2.20. The van der Waals surface area contributed by atoms with Gasteiger partial charge < -0.3 is 0 Å². The quantitative estimate of drug-likeness (QED) is 0.643. The number of nitrogens with one attached hydrogen (secondary N) is 1. The first-order valence-electron chi connectivity index (χ1n) is 8.38. The molecule has 0 spiro atoms. The van der Waals surface area contributed by atoms with E-state index in [4.69, 9.17) is 12.2 Å². The summed E-state index contributed by atoms with van der Waals surface area (Å²) in [7, 11) is 0. The van der Waals surface area contributed by atoms with Crippen molar-refractivity contribution in [1.82, 2.24) is 14.8 Å². The average Bonchev–Trinajstić information content (AvgIpc) is 2.97. The van der Waals surface area contributed by atoms with Crippen LogP contribution < -0.4 is 0 Å². The van der Waals surface area contributed by atoms with Gasteiger partial charge in [-0.2, -0.15) is 5.10 Å². The Morgan fingerprint density at radius 3 is 2.29 bits per heavy atom. The molecule has 0 saturated carbocycles. The molecule has 0 aliphatic rings. The van der Waals surface area contributed by atoms with E-state index >= 15 is 0 Å². The van der Waals surface area contributed by atoms with E-state index in [2.05, 4.69) is 55.2 Å². The van der Waals surface area contributed by atoms with Crippen LogP contribution in [0.15, 0.2) is 54.6 Å². The maximum atomic E-state index is 5.44. The van der Waals surface area contributed by atoms with Crippen LogP contribution in [0.2, 0.25) is 0 Å². The highest BCUT2D eigenvalue weighted by Gasteiger charge is 2.17. The summed E-state index contributed by atoms with van der Waals surface area (Å²) in [5.74, 6) is 1.76. The summed E-state index contributed by atoms with van der Waals surface area (Å²) in [6.07, 6.45) is 1.11. The molecule has 2 aromatic carbocycles. The van der Waals surface area contributed by atoms with Crippen molar-refractivity contribution in [3.63, 3.8) is 0 Å². The van der Waals surface area contributed by atoms with Crippen LogP contribution in [-0.2, 0) is 6.42 Å². The van der Waals surface area contributed by atoms with Crippen molar-refractivity contribution in [3.8, 4) is 5.69 Å². The third-order valence-electron chi connectivity index (χ3n) is 4.22. The molecule has 0 saturated heterocycles. The van der Waals surface area contributed by atoms with E-state index < -0.39 is 0 Å². The van der Waals surface area contributed by atoms with Crippen molar-refractivity contribution in [2.24, 2.45) is 5.92 Å². The Balaban J connectivity index is 1.94. The zero-order valence-corrected chi connectivity index (χ0v) is 15.2. The van der Waals surface area contributed by atoms with Gasteiger partial charge in [0.25, 0.3) is 0 Å². The predicted octanol–water partition coefficient (Wildman–Crippen LogP) is 5.28. The summed E-state index contributed by atoms with van der Waals surface area (Å²) in [5, 5.41) is 7.42. The first kappa shape index (κ1) is 16.7. The maximum Gasteiger partial charge on any atom is 0.199 e. The zero-order valence-electron chi connectivity index (χ0n) is 14.4. The number of H-pyrrole nitrogens is 1. The topological polar surface area (TPSA) is 33.6 Å². The number of aromatic amines is 1. The predicted molar refractivity (Wildman–Crippen MR) is 101 cm³/mol. The lowest BCUT2D eigenvalue weighted by Gasteiger charge is -2.14. The van der Waals surface area contributed by atoms with Crippen LogP contribution in [0.25, 0.3) is 5.69 Å². The highest BCUT2D eigenvalue weighted by Crippen LogP contribution is 2.25. The Morgan fingerprint density at radius 2 is 1.67 bits per heavy atom. The lowest BCUT2D eigenvalue weighted by molar-refractivity contribution is 0.647. The van der Waals surface area contributed by atoms with Crippen molar-refractivity contribution in [2.75, 3.05) is 0 Å². The Kier molecular flexibility index (Phi) is 4.95. The number of aromatic nitrogens is 3. The molecule has 124 valence electrons. The van der Waals surface area contributed by atoms with E-state index in [0.29, 0.717) is 10.7 Å². The first-order valence-corrected chi connectivity index (χ1v) is 8.78. The molecule has 1 unspecified atom stereocenters. The van der Waals surface area contributed by atoms with Crippen LogP contribution in [0.5, 0.6) is 0 Å². The van der Waals surface area contributed by atoms with Crippen LogP contribution in [-0.4, -0.2) is 14.8 Å². The van der Waals surface area contributed by atoms with Gasteiger partial charge in [0.05, 0.1) is 0 Å². The summed E-state index contributed by atoms with van der Waals surface area (Å²) in [6.45, 7) is 6.66. The maximum absolute atomic E-state index is 5.44. The molecular formula is C20H23N3S. The largest absolute Gasteiger partial charge is 0.272 e. The molecule has 0 bridgehead atoms. The first-order chi connectivity index (χ1) is 11.6. The van der Waals surface area contributed by atoms with Crippen LogP contribution in [0.3, 0.4) is 0 Å². The van der Waals surface area contributed by atoms with E-state index in [-0.39, 0.29) is 5.92 Å². The third kappa shape index (κ3) is 3.49. The fraction of sp³-hybridized carbons (Fsp3) is 0.300. The minimum Gasteiger partial charge on any atom is -0.272 e. The van der Waals surface area contributed by atoms with Gasteiger partial charge in [-0.1, -0.05) is 63.2 Å². The SMILES string of the molecule is CC(C)Cc1ccc(C(C)c2n[nH]c(=S)n2-c2ccccc2)cc1.